The largest absolute Gasteiger partial charge is 0.449 e. The number of benzene rings is 1. The van der Waals surface area contributed by atoms with E-state index in [-0.39, 0.29) is 33.8 Å². The van der Waals surface area contributed by atoms with Gasteiger partial charge in [0.05, 0.1) is 22.3 Å². The predicted molar refractivity (Wildman–Crippen MR) is 108 cm³/mol. The Labute approximate surface area is 175 Å². The maximum atomic E-state index is 12.4. The standard InChI is InChI=1S/C20H17N3O6S/c1-3-7-23-18(26)12-5-4-11(9-14(12)19(23)27)20(28)29-10(2)16(25)22-17-13(15(21)24)6-8-30-17/h3-6,8-10H,1,7H2,2H3,(H2,21,24)(H,22,25). The van der Waals surface area contributed by atoms with Crippen LogP contribution in [0, 0.1) is 0 Å². The third-order valence-corrected chi connectivity index (χ3v) is 5.17. The Balaban J connectivity index is 1.71. The molecular formula is C20H17N3O6S. The molecular weight excluding hydrogens is 410 g/mol. The Bertz CT molecular complexity index is 1090. The molecule has 1 unspecified atom stereocenters. The van der Waals surface area contributed by atoms with Crippen molar-refractivity contribution < 1.29 is 28.7 Å². The lowest BCUT2D eigenvalue weighted by molar-refractivity contribution is -0.123. The second-order valence-corrected chi connectivity index (χ2v) is 7.25. The van der Waals surface area contributed by atoms with E-state index < -0.39 is 35.7 Å². The first-order valence-electron chi connectivity index (χ1n) is 8.74. The fraction of sp³-hybridized carbons (Fsp3) is 0.150. The maximum absolute atomic E-state index is 12.4. The van der Waals surface area contributed by atoms with E-state index in [2.05, 4.69) is 11.9 Å². The van der Waals surface area contributed by atoms with Gasteiger partial charge in [0.15, 0.2) is 6.10 Å². The Morgan fingerprint density at radius 3 is 2.60 bits per heavy atom. The lowest BCUT2D eigenvalue weighted by Gasteiger charge is -2.13. The van der Waals surface area contributed by atoms with Gasteiger partial charge in [-0.05, 0) is 36.6 Å². The molecule has 3 N–H and O–H groups in total. The first kappa shape index (κ1) is 20.9. The van der Waals surface area contributed by atoms with Gasteiger partial charge in [0.25, 0.3) is 23.6 Å². The van der Waals surface area contributed by atoms with Crippen LogP contribution >= 0.6 is 11.3 Å². The van der Waals surface area contributed by atoms with Crippen LogP contribution in [0.4, 0.5) is 5.00 Å². The monoisotopic (exact) mass is 427 g/mol. The molecule has 0 saturated carbocycles. The van der Waals surface area contributed by atoms with Gasteiger partial charge in [-0.2, -0.15) is 0 Å². The highest BCUT2D eigenvalue weighted by Crippen LogP contribution is 2.25. The predicted octanol–water partition coefficient (Wildman–Crippen LogP) is 1.81. The van der Waals surface area contributed by atoms with E-state index in [4.69, 9.17) is 10.5 Å². The quantitative estimate of drug-likeness (QED) is 0.393. The van der Waals surface area contributed by atoms with E-state index in [1.165, 1.54) is 37.3 Å². The van der Waals surface area contributed by atoms with Crippen molar-refractivity contribution in [3.05, 3.63) is 64.6 Å². The van der Waals surface area contributed by atoms with Gasteiger partial charge in [0.1, 0.15) is 5.00 Å². The van der Waals surface area contributed by atoms with E-state index in [0.717, 1.165) is 16.2 Å². The normalized spacial score (nSPS) is 13.6. The fourth-order valence-corrected chi connectivity index (χ4v) is 3.60. The van der Waals surface area contributed by atoms with Crippen molar-refractivity contribution in [1.82, 2.24) is 4.90 Å². The highest BCUT2D eigenvalue weighted by molar-refractivity contribution is 7.14. The molecule has 30 heavy (non-hydrogen) atoms. The summed E-state index contributed by atoms with van der Waals surface area (Å²) in [5, 5.41) is 4.33. The molecule has 0 fully saturated rings. The number of nitrogens with two attached hydrogens (primary N) is 1. The number of nitrogens with zero attached hydrogens (tertiary/aromatic N) is 1. The van der Waals surface area contributed by atoms with Crippen LogP contribution in [0.2, 0.25) is 0 Å². The fourth-order valence-electron chi connectivity index (χ4n) is 2.81. The van der Waals surface area contributed by atoms with Crippen molar-refractivity contribution in [3.63, 3.8) is 0 Å². The molecule has 154 valence electrons. The first-order valence-corrected chi connectivity index (χ1v) is 9.62. The molecule has 1 aliphatic heterocycles. The van der Waals surface area contributed by atoms with Crippen LogP contribution in [0.5, 0.6) is 0 Å². The van der Waals surface area contributed by atoms with E-state index in [0.29, 0.717) is 0 Å². The number of ether oxygens (including phenoxy) is 1. The summed E-state index contributed by atoms with van der Waals surface area (Å²) in [6, 6.07) is 5.44. The SMILES string of the molecule is C=CCN1C(=O)c2ccc(C(=O)OC(C)C(=O)Nc3sccc3C(N)=O)cc2C1=O. The third-order valence-electron chi connectivity index (χ3n) is 4.34. The van der Waals surface area contributed by atoms with Crippen LogP contribution in [0.25, 0.3) is 0 Å². The highest BCUT2D eigenvalue weighted by Gasteiger charge is 2.35. The summed E-state index contributed by atoms with van der Waals surface area (Å²) < 4.78 is 5.15. The van der Waals surface area contributed by atoms with Crippen molar-refractivity contribution in [3.8, 4) is 0 Å². The van der Waals surface area contributed by atoms with Crippen LogP contribution < -0.4 is 11.1 Å². The minimum atomic E-state index is -1.19. The number of nitrogens with one attached hydrogen (secondary N) is 1. The minimum absolute atomic E-state index is 0.0175. The van der Waals surface area contributed by atoms with Crippen molar-refractivity contribution in [1.29, 1.82) is 0 Å². The summed E-state index contributed by atoms with van der Waals surface area (Å²) in [5.41, 5.74) is 5.66. The zero-order valence-corrected chi connectivity index (χ0v) is 16.7. The number of carbonyl (C=O) groups excluding carboxylic acids is 5. The summed E-state index contributed by atoms with van der Waals surface area (Å²) >= 11 is 1.10. The van der Waals surface area contributed by atoms with E-state index in [9.17, 15) is 24.0 Å². The average molecular weight is 427 g/mol. The Hall–Kier alpha value is -3.79. The van der Waals surface area contributed by atoms with Gasteiger partial charge in [-0.1, -0.05) is 6.08 Å². The lowest BCUT2D eigenvalue weighted by Crippen LogP contribution is -2.30. The second kappa shape index (κ2) is 8.29. The summed E-state index contributed by atoms with van der Waals surface area (Å²) in [5.74, 6) is -3.20. The first-order chi connectivity index (χ1) is 14.2. The van der Waals surface area contributed by atoms with Gasteiger partial charge in [0.2, 0.25) is 0 Å². The van der Waals surface area contributed by atoms with Gasteiger partial charge in [0, 0.05) is 6.54 Å². The van der Waals surface area contributed by atoms with Gasteiger partial charge < -0.3 is 15.8 Å². The molecule has 1 atom stereocenters. The number of rotatable bonds is 7. The number of hydrogen-bond donors (Lipinski definition) is 2. The number of carbonyl (C=O) groups is 5. The number of esters is 1. The molecule has 0 saturated heterocycles. The number of hydrogen-bond acceptors (Lipinski definition) is 7. The van der Waals surface area contributed by atoms with Gasteiger partial charge in [-0.25, -0.2) is 4.79 Å². The van der Waals surface area contributed by atoms with Crippen molar-refractivity contribution >= 4 is 45.9 Å². The Kier molecular flexibility index (Phi) is 5.79. The van der Waals surface area contributed by atoms with E-state index >= 15 is 0 Å². The van der Waals surface area contributed by atoms with Crippen LogP contribution in [0.3, 0.4) is 0 Å². The topological polar surface area (TPSA) is 136 Å². The second-order valence-electron chi connectivity index (χ2n) is 6.33. The van der Waals surface area contributed by atoms with E-state index in [1.54, 1.807) is 5.38 Å². The summed E-state index contributed by atoms with van der Waals surface area (Å²) in [4.78, 5) is 61.7. The molecule has 0 radical (unpaired) electrons. The number of imide groups is 1. The third kappa shape index (κ3) is 3.85. The molecule has 0 spiro atoms. The number of amides is 4. The molecule has 0 bridgehead atoms. The lowest BCUT2D eigenvalue weighted by atomic mass is 10.1. The highest BCUT2D eigenvalue weighted by atomic mass is 32.1. The molecule has 0 aliphatic carbocycles. The van der Waals surface area contributed by atoms with Crippen LogP contribution in [-0.2, 0) is 9.53 Å². The molecule has 1 aromatic heterocycles. The molecule has 3 rings (SSSR count). The molecule has 10 heteroatoms. The summed E-state index contributed by atoms with van der Waals surface area (Å²) in [6.45, 7) is 4.92. The zero-order valence-electron chi connectivity index (χ0n) is 15.8. The van der Waals surface area contributed by atoms with Crippen molar-refractivity contribution in [2.45, 2.75) is 13.0 Å². The van der Waals surface area contributed by atoms with Crippen LogP contribution in [0.15, 0.2) is 42.3 Å². The van der Waals surface area contributed by atoms with Crippen LogP contribution in [0.1, 0.15) is 48.4 Å². The molecule has 4 amide bonds. The number of thiophene rings is 1. The molecule has 9 nitrogen and oxygen atoms in total. The van der Waals surface area contributed by atoms with Gasteiger partial charge in [-0.3, -0.25) is 24.1 Å². The molecule has 2 heterocycles. The van der Waals surface area contributed by atoms with Crippen molar-refractivity contribution in [2.75, 3.05) is 11.9 Å². The average Bonchev–Trinajstić information content (AvgIpc) is 3.26. The summed E-state index contributed by atoms with van der Waals surface area (Å²) in [7, 11) is 0. The molecule has 1 aliphatic rings. The Morgan fingerprint density at radius 1 is 1.23 bits per heavy atom. The van der Waals surface area contributed by atoms with Crippen LogP contribution in [-0.4, -0.2) is 47.1 Å². The number of primary amides is 1. The number of anilines is 1. The smallest absolute Gasteiger partial charge is 0.338 e. The molecule has 2 aromatic rings. The zero-order chi connectivity index (χ0) is 22.0. The van der Waals surface area contributed by atoms with Gasteiger partial charge in [-0.15, -0.1) is 17.9 Å². The molecule has 1 aromatic carbocycles. The summed E-state index contributed by atoms with van der Waals surface area (Å²) in [6.07, 6.45) is 0.233. The Morgan fingerprint density at radius 2 is 1.93 bits per heavy atom. The number of fused-ring (bicyclic) bond motifs is 1. The van der Waals surface area contributed by atoms with Crippen molar-refractivity contribution in [2.24, 2.45) is 5.73 Å². The van der Waals surface area contributed by atoms with E-state index in [1.807, 2.05) is 0 Å². The maximum Gasteiger partial charge on any atom is 0.338 e. The minimum Gasteiger partial charge on any atom is -0.449 e. The van der Waals surface area contributed by atoms with Gasteiger partial charge >= 0.3 is 5.97 Å².